The van der Waals surface area contributed by atoms with E-state index in [1.807, 2.05) is 42.5 Å². The molecular weight excluding hydrogens is 482 g/mol. The number of aliphatic imine (C=N–C) groups is 1. The molecule has 5 rings (SSSR count). The Kier molecular flexibility index (Phi) is 6.32. The minimum Gasteiger partial charge on any atom is -0.356 e. The lowest BCUT2D eigenvalue weighted by Crippen LogP contribution is -2.36. The van der Waals surface area contributed by atoms with Gasteiger partial charge in [-0.3, -0.25) is 4.79 Å². The van der Waals surface area contributed by atoms with Gasteiger partial charge in [0.25, 0.3) is 5.91 Å². The third-order valence-corrected chi connectivity index (χ3v) is 7.76. The Labute approximate surface area is 201 Å². The lowest BCUT2D eigenvalue weighted by atomic mass is 10.1. The second-order valence-corrected chi connectivity index (χ2v) is 9.98. The largest absolute Gasteiger partial charge is 0.356 e. The molecule has 4 nitrogen and oxygen atoms in total. The van der Waals surface area contributed by atoms with Gasteiger partial charge in [0.05, 0.1) is 5.69 Å². The van der Waals surface area contributed by atoms with E-state index in [-0.39, 0.29) is 5.91 Å². The maximum absolute atomic E-state index is 12.9. The molecule has 6 heteroatoms. The van der Waals surface area contributed by atoms with Gasteiger partial charge in [0.2, 0.25) is 0 Å². The van der Waals surface area contributed by atoms with Crippen LogP contribution in [0.5, 0.6) is 0 Å². The fraction of sp³-hybridized carbons (Fsp3) is 0.231. The summed E-state index contributed by atoms with van der Waals surface area (Å²) in [5.74, 6) is 0.933. The summed E-state index contributed by atoms with van der Waals surface area (Å²) in [6, 6.07) is 22.2. The van der Waals surface area contributed by atoms with Crippen molar-refractivity contribution in [3.05, 3.63) is 87.9 Å². The summed E-state index contributed by atoms with van der Waals surface area (Å²) >= 11 is 5.27. The zero-order chi connectivity index (χ0) is 21.9. The predicted octanol–water partition coefficient (Wildman–Crippen LogP) is 6.41. The highest BCUT2D eigenvalue weighted by Gasteiger charge is 2.23. The van der Waals surface area contributed by atoms with E-state index in [0.29, 0.717) is 12.1 Å². The highest BCUT2D eigenvalue weighted by molar-refractivity contribution is 9.10. The van der Waals surface area contributed by atoms with E-state index in [0.717, 1.165) is 39.5 Å². The molecule has 0 atom stereocenters. The maximum Gasteiger partial charge on any atom is 0.251 e. The standard InChI is InChI=1S/C26H24BrN3OS/c27-21-10-4-2-8-19(21)17-28-26(31)18-12-13-24-22(16-18)29-25(30-14-6-1-7-15-30)20-9-3-5-11-23(20)32-24/h2-5,8-13,16H,1,6-7,14-15,17H2,(H,28,31). The summed E-state index contributed by atoms with van der Waals surface area (Å²) in [5, 5.41) is 3.04. The molecule has 0 saturated carbocycles. The number of carbonyl (C=O) groups excluding carboxylic acids is 1. The number of amidine groups is 1. The molecule has 32 heavy (non-hydrogen) atoms. The number of likely N-dealkylation sites (tertiary alicyclic amines) is 1. The SMILES string of the molecule is O=C(NCc1ccccc1Br)c1ccc2c(c1)N=C(N1CCCCC1)c1ccccc1S2. The molecule has 2 aliphatic heterocycles. The molecule has 3 aromatic carbocycles. The first kappa shape index (κ1) is 21.3. The van der Waals surface area contributed by atoms with Gasteiger partial charge in [-0.05, 0) is 55.2 Å². The highest BCUT2D eigenvalue weighted by Crippen LogP contribution is 2.41. The van der Waals surface area contributed by atoms with Crippen molar-refractivity contribution in [2.75, 3.05) is 13.1 Å². The smallest absolute Gasteiger partial charge is 0.251 e. The third kappa shape index (κ3) is 4.48. The molecule has 1 amide bonds. The lowest BCUT2D eigenvalue weighted by Gasteiger charge is -2.30. The Morgan fingerprint density at radius 3 is 2.59 bits per heavy atom. The Morgan fingerprint density at radius 1 is 0.969 bits per heavy atom. The van der Waals surface area contributed by atoms with Crippen molar-refractivity contribution in [2.45, 2.75) is 35.6 Å². The van der Waals surface area contributed by atoms with E-state index in [2.05, 4.69) is 50.4 Å². The number of amides is 1. The van der Waals surface area contributed by atoms with Gasteiger partial charge in [0.15, 0.2) is 0 Å². The zero-order valence-corrected chi connectivity index (χ0v) is 20.1. The number of piperidine rings is 1. The van der Waals surface area contributed by atoms with E-state index in [1.165, 1.54) is 29.7 Å². The molecule has 0 unspecified atom stereocenters. The van der Waals surface area contributed by atoms with Crippen molar-refractivity contribution in [2.24, 2.45) is 4.99 Å². The molecule has 0 aliphatic carbocycles. The number of nitrogens with zero attached hydrogens (tertiary/aromatic N) is 2. The van der Waals surface area contributed by atoms with Gasteiger partial charge >= 0.3 is 0 Å². The molecule has 1 N–H and O–H groups in total. The first-order valence-electron chi connectivity index (χ1n) is 11.0. The van der Waals surface area contributed by atoms with Crippen molar-refractivity contribution >= 4 is 45.1 Å². The lowest BCUT2D eigenvalue weighted by molar-refractivity contribution is 0.0951. The van der Waals surface area contributed by atoms with E-state index >= 15 is 0 Å². The van der Waals surface area contributed by atoms with E-state index in [4.69, 9.17) is 4.99 Å². The molecule has 0 aromatic heterocycles. The van der Waals surface area contributed by atoms with Gasteiger partial charge in [-0.15, -0.1) is 0 Å². The molecular formula is C26H24BrN3OS. The van der Waals surface area contributed by atoms with Gasteiger partial charge in [0, 0.05) is 45.0 Å². The second-order valence-electron chi connectivity index (χ2n) is 8.04. The summed E-state index contributed by atoms with van der Waals surface area (Å²) in [6.07, 6.45) is 3.66. The quantitative estimate of drug-likeness (QED) is 0.447. The first-order chi connectivity index (χ1) is 15.7. The van der Waals surface area contributed by atoms with Gasteiger partial charge in [0.1, 0.15) is 5.84 Å². The number of rotatable bonds is 3. The number of nitrogens with one attached hydrogen (secondary N) is 1. The van der Waals surface area contributed by atoms with Crippen molar-refractivity contribution in [1.29, 1.82) is 0 Å². The Hall–Kier alpha value is -2.57. The molecule has 2 aliphatic rings. The van der Waals surface area contributed by atoms with Crippen LogP contribution >= 0.6 is 27.7 Å². The Morgan fingerprint density at radius 2 is 1.75 bits per heavy atom. The van der Waals surface area contributed by atoms with Crippen LogP contribution in [0.1, 0.15) is 40.7 Å². The van der Waals surface area contributed by atoms with E-state index < -0.39 is 0 Å². The molecule has 0 bridgehead atoms. The number of carbonyl (C=O) groups is 1. The monoisotopic (exact) mass is 505 g/mol. The maximum atomic E-state index is 12.9. The third-order valence-electron chi connectivity index (χ3n) is 5.85. The Bertz CT molecular complexity index is 1190. The second kappa shape index (κ2) is 9.51. The van der Waals surface area contributed by atoms with Crippen LogP contribution in [0, 0.1) is 0 Å². The van der Waals surface area contributed by atoms with Crippen LogP contribution in [-0.4, -0.2) is 29.7 Å². The van der Waals surface area contributed by atoms with Crippen molar-refractivity contribution in [3.8, 4) is 0 Å². The van der Waals surface area contributed by atoms with Crippen LogP contribution in [0.4, 0.5) is 5.69 Å². The van der Waals surface area contributed by atoms with Crippen molar-refractivity contribution in [1.82, 2.24) is 10.2 Å². The number of benzene rings is 3. The minimum atomic E-state index is -0.0926. The van der Waals surface area contributed by atoms with Crippen molar-refractivity contribution in [3.63, 3.8) is 0 Å². The molecule has 3 aromatic rings. The van der Waals surface area contributed by atoms with E-state index in [9.17, 15) is 4.79 Å². The number of hydrogen-bond donors (Lipinski definition) is 1. The topological polar surface area (TPSA) is 44.7 Å². The molecule has 162 valence electrons. The van der Waals surface area contributed by atoms with Crippen molar-refractivity contribution < 1.29 is 4.79 Å². The van der Waals surface area contributed by atoms with Crippen LogP contribution in [0.2, 0.25) is 0 Å². The number of fused-ring (bicyclic) bond motifs is 2. The van der Waals surface area contributed by atoms with Gasteiger partial charge in [-0.2, -0.15) is 0 Å². The molecule has 1 fully saturated rings. The average Bonchev–Trinajstić information content (AvgIpc) is 3.00. The summed E-state index contributed by atoms with van der Waals surface area (Å²) in [6.45, 7) is 2.53. The highest BCUT2D eigenvalue weighted by atomic mass is 79.9. The average molecular weight is 506 g/mol. The van der Waals surface area contributed by atoms with Gasteiger partial charge in [-0.1, -0.05) is 64.1 Å². The van der Waals surface area contributed by atoms with Crippen LogP contribution < -0.4 is 5.32 Å². The van der Waals surface area contributed by atoms with Crippen LogP contribution in [0.3, 0.4) is 0 Å². The fourth-order valence-electron chi connectivity index (χ4n) is 4.13. The summed E-state index contributed by atoms with van der Waals surface area (Å²) in [5.41, 5.74) is 3.71. The van der Waals surface area contributed by atoms with Crippen LogP contribution in [0.25, 0.3) is 0 Å². The molecule has 0 spiro atoms. The van der Waals surface area contributed by atoms with Gasteiger partial charge < -0.3 is 10.2 Å². The van der Waals surface area contributed by atoms with Crippen LogP contribution in [0.15, 0.2) is 86.0 Å². The summed E-state index contributed by atoms with van der Waals surface area (Å²) in [7, 11) is 0. The molecule has 0 radical (unpaired) electrons. The first-order valence-corrected chi connectivity index (χ1v) is 12.6. The predicted molar refractivity (Wildman–Crippen MR) is 134 cm³/mol. The normalized spacial score (nSPS) is 15.3. The summed E-state index contributed by atoms with van der Waals surface area (Å²) in [4.78, 5) is 22.7. The van der Waals surface area contributed by atoms with E-state index in [1.54, 1.807) is 11.8 Å². The molecule has 2 heterocycles. The minimum absolute atomic E-state index is 0.0926. The Balaban J connectivity index is 1.45. The van der Waals surface area contributed by atoms with Crippen LogP contribution in [-0.2, 0) is 6.54 Å². The van der Waals surface area contributed by atoms with Gasteiger partial charge in [-0.25, -0.2) is 4.99 Å². The number of hydrogen-bond acceptors (Lipinski definition) is 4. The zero-order valence-electron chi connectivity index (χ0n) is 17.7. The summed E-state index contributed by atoms with van der Waals surface area (Å²) < 4.78 is 0.993. The molecule has 1 saturated heterocycles. The fourth-order valence-corrected chi connectivity index (χ4v) is 5.55. The number of halogens is 1.